The first-order valence-corrected chi connectivity index (χ1v) is 7.11. The van der Waals surface area contributed by atoms with E-state index in [1.165, 1.54) is 0 Å². The second-order valence-electron chi connectivity index (χ2n) is 6.42. The molecule has 2 heterocycles. The Morgan fingerprint density at radius 2 is 1.79 bits per heavy atom. The normalized spacial score (nSPS) is 39.6. The minimum Gasteiger partial charge on any atom is -0.377 e. The Morgan fingerprint density at radius 3 is 2.21 bits per heavy atom. The molecule has 2 saturated heterocycles. The zero-order valence-corrected chi connectivity index (χ0v) is 12.6. The van der Waals surface area contributed by atoms with Crippen molar-refractivity contribution < 1.29 is 14.2 Å². The second-order valence-corrected chi connectivity index (χ2v) is 6.42. The summed E-state index contributed by atoms with van der Waals surface area (Å²) in [6, 6.07) is 0. The molecule has 0 radical (unpaired) electrons. The molecule has 0 spiro atoms. The van der Waals surface area contributed by atoms with Crippen LogP contribution < -0.4 is 5.73 Å². The first-order chi connectivity index (χ1) is 8.96. The van der Waals surface area contributed by atoms with Crippen LogP contribution in [-0.4, -0.2) is 68.7 Å². The maximum Gasteiger partial charge on any atom is 0.0972 e. The van der Waals surface area contributed by atoms with E-state index in [0.717, 1.165) is 32.5 Å². The molecular formula is C14H28N2O3. The predicted octanol–water partition coefficient (Wildman–Crippen LogP) is 0.619. The van der Waals surface area contributed by atoms with Gasteiger partial charge in [0.25, 0.3) is 0 Å². The molecule has 3 unspecified atom stereocenters. The van der Waals surface area contributed by atoms with Gasteiger partial charge in [0.2, 0.25) is 0 Å². The van der Waals surface area contributed by atoms with E-state index in [4.69, 9.17) is 19.9 Å². The lowest BCUT2D eigenvalue weighted by molar-refractivity contribution is -0.116. The molecule has 3 atom stereocenters. The maximum atomic E-state index is 6.13. The predicted molar refractivity (Wildman–Crippen MR) is 74.2 cm³/mol. The molecule has 5 nitrogen and oxygen atoms in total. The Bertz CT molecular complexity index is 299. The minimum absolute atomic E-state index is 0.0197. The Morgan fingerprint density at radius 1 is 1.21 bits per heavy atom. The van der Waals surface area contributed by atoms with Crippen LogP contribution in [0.25, 0.3) is 0 Å². The van der Waals surface area contributed by atoms with Crippen molar-refractivity contribution in [1.82, 2.24) is 4.90 Å². The van der Waals surface area contributed by atoms with Gasteiger partial charge in [0.1, 0.15) is 0 Å². The SMILES string of the molecule is COC1CN(C2(CN)CCOC(C)(C)C2)CC1OC. The average Bonchev–Trinajstić information content (AvgIpc) is 2.81. The van der Waals surface area contributed by atoms with E-state index in [9.17, 15) is 0 Å². The summed E-state index contributed by atoms with van der Waals surface area (Å²) < 4.78 is 16.9. The lowest BCUT2D eigenvalue weighted by Gasteiger charge is -2.49. The fourth-order valence-electron chi connectivity index (χ4n) is 3.61. The highest BCUT2D eigenvalue weighted by Crippen LogP contribution is 2.38. The summed E-state index contributed by atoms with van der Waals surface area (Å²) >= 11 is 0. The topological polar surface area (TPSA) is 57.0 Å². The summed E-state index contributed by atoms with van der Waals surface area (Å²) in [4.78, 5) is 2.46. The molecule has 2 N–H and O–H groups in total. The summed E-state index contributed by atoms with van der Waals surface area (Å²) in [5.74, 6) is 0. The van der Waals surface area contributed by atoms with Gasteiger partial charge in [0.05, 0.1) is 17.8 Å². The third kappa shape index (κ3) is 2.95. The van der Waals surface area contributed by atoms with E-state index in [1.807, 2.05) is 0 Å². The van der Waals surface area contributed by atoms with Crippen molar-refractivity contribution in [3.05, 3.63) is 0 Å². The van der Waals surface area contributed by atoms with Crippen LogP contribution in [0, 0.1) is 0 Å². The molecule has 2 aliphatic heterocycles. The van der Waals surface area contributed by atoms with Gasteiger partial charge in [-0.05, 0) is 26.7 Å². The number of methoxy groups -OCH3 is 2. The second kappa shape index (κ2) is 5.66. The molecule has 2 aliphatic rings. The number of ether oxygens (including phenoxy) is 3. The smallest absolute Gasteiger partial charge is 0.0972 e. The lowest BCUT2D eigenvalue weighted by Crippen LogP contribution is -2.60. The molecule has 5 heteroatoms. The molecule has 0 bridgehead atoms. The maximum absolute atomic E-state index is 6.13. The molecule has 0 aromatic rings. The molecule has 19 heavy (non-hydrogen) atoms. The summed E-state index contributed by atoms with van der Waals surface area (Å²) in [6.45, 7) is 7.51. The lowest BCUT2D eigenvalue weighted by atomic mass is 9.80. The summed E-state index contributed by atoms with van der Waals surface area (Å²) in [6.07, 6.45) is 2.22. The molecule has 2 fully saturated rings. The van der Waals surface area contributed by atoms with Crippen LogP contribution in [0.5, 0.6) is 0 Å². The Hall–Kier alpha value is -0.200. The molecule has 0 aromatic carbocycles. The standard InChI is InChI=1S/C14H28N2O3/c1-13(2)9-14(10-15,5-6-19-13)16-7-11(17-3)12(8-16)18-4/h11-12H,5-10,15H2,1-4H3. The molecule has 0 aliphatic carbocycles. The van der Waals surface area contributed by atoms with Crippen molar-refractivity contribution in [3.8, 4) is 0 Å². The van der Waals surface area contributed by atoms with E-state index in [1.54, 1.807) is 14.2 Å². The first-order valence-electron chi connectivity index (χ1n) is 7.11. The molecule has 0 saturated carbocycles. The van der Waals surface area contributed by atoms with Gasteiger partial charge >= 0.3 is 0 Å². The van der Waals surface area contributed by atoms with Crippen molar-refractivity contribution >= 4 is 0 Å². The van der Waals surface area contributed by atoms with E-state index in [2.05, 4.69) is 18.7 Å². The van der Waals surface area contributed by atoms with Crippen molar-refractivity contribution in [2.75, 3.05) is 40.5 Å². The van der Waals surface area contributed by atoms with Crippen molar-refractivity contribution in [1.29, 1.82) is 0 Å². The highest BCUT2D eigenvalue weighted by Gasteiger charge is 2.48. The van der Waals surface area contributed by atoms with Gasteiger partial charge in [0.15, 0.2) is 0 Å². The highest BCUT2D eigenvalue weighted by atomic mass is 16.5. The number of hydrogen-bond donors (Lipinski definition) is 1. The highest BCUT2D eigenvalue weighted by molar-refractivity contribution is 5.03. The first kappa shape index (κ1) is 15.2. The van der Waals surface area contributed by atoms with Crippen LogP contribution in [0.3, 0.4) is 0 Å². The number of hydrogen-bond acceptors (Lipinski definition) is 5. The monoisotopic (exact) mass is 272 g/mol. The van der Waals surface area contributed by atoms with Gasteiger partial charge in [0, 0.05) is 46.0 Å². The number of likely N-dealkylation sites (tertiary alicyclic amines) is 1. The quantitative estimate of drug-likeness (QED) is 0.813. The number of nitrogens with zero attached hydrogens (tertiary/aromatic N) is 1. The zero-order valence-electron chi connectivity index (χ0n) is 12.6. The zero-order chi connectivity index (χ0) is 14.1. The van der Waals surface area contributed by atoms with Crippen molar-refractivity contribution in [3.63, 3.8) is 0 Å². The summed E-state index contributed by atoms with van der Waals surface area (Å²) in [5, 5.41) is 0. The van der Waals surface area contributed by atoms with Crippen LogP contribution in [0.2, 0.25) is 0 Å². The van der Waals surface area contributed by atoms with E-state index in [-0.39, 0.29) is 23.3 Å². The van der Waals surface area contributed by atoms with Crippen molar-refractivity contribution in [2.45, 2.75) is 50.0 Å². The van der Waals surface area contributed by atoms with Crippen LogP contribution >= 0.6 is 0 Å². The van der Waals surface area contributed by atoms with Gasteiger partial charge in [-0.25, -0.2) is 0 Å². The van der Waals surface area contributed by atoms with E-state index < -0.39 is 0 Å². The Balaban J connectivity index is 2.14. The minimum atomic E-state index is -0.106. The van der Waals surface area contributed by atoms with E-state index in [0.29, 0.717) is 6.54 Å². The van der Waals surface area contributed by atoms with Crippen LogP contribution in [0.15, 0.2) is 0 Å². The number of nitrogens with two attached hydrogens (primary N) is 1. The van der Waals surface area contributed by atoms with Crippen LogP contribution in [-0.2, 0) is 14.2 Å². The molecule has 0 aromatic heterocycles. The number of rotatable bonds is 4. The van der Waals surface area contributed by atoms with Gasteiger partial charge in [-0.2, -0.15) is 0 Å². The molecule has 0 amide bonds. The van der Waals surface area contributed by atoms with Crippen molar-refractivity contribution in [2.24, 2.45) is 5.73 Å². The third-order valence-electron chi connectivity index (χ3n) is 4.69. The fraction of sp³-hybridized carbons (Fsp3) is 1.00. The fourth-order valence-corrected chi connectivity index (χ4v) is 3.61. The van der Waals surface area contributed by atoms with Gasteiger partial charge < -0.3 is 19.9 Å². The Kier molecular flexibility index (Phi) is 4.52. The average molecular weight is 272 g/mol. The molecule has 2 rings (SSSR count). The Labute approximate surface area is 116 Å². The summed E-state index contributed by atoms with van der Waals surface area (Å²) in [7, 11) is 3.51. The van der Waals surface area contributed by atoms with Gasteiger partial charge in [-0.1, -0.05) is 0 Å². The third-order valence-corrected chi connectivity index (χ3v) is 4.69. The van der Waals surface area contributed by atoms with Gasteiger partial charge in [-0.3, -0.25) is 4.90 Å². The summed E-state index contributed by atoms with van der Waals surface area (Å²) in [5.41, 5.74) is 6.05. The van der Waals surface area contributed by atoms with E-state index >= 15 is 0 Å². The van der Waals surface area contributed by atoms with Crippen LogP contribution in [0.1, 0.15) is 26.7 Å². The van der Waals surface area contributed by atoms with Gasteiger partial charge in [-0.15, -0.1) is 0 Å². The molecular weight excluding hydrogens is 244 g/mol. The van der Waals surface area contributed by atoms with Crippen LogP contribution in [0.4, 0.5) is 0 Å². The largest absolute Gasteiger partial charge is 0.377 e. The molecule has 112 valence electrons.